The highest BCUT2D eigenvalue weighted by molar-refractivity contribution is 5.97. The first kappa shape index (κ1) is 12.4. The third kappa shape index (κ3) is 2.03. The minimum absolute atomic E-state index is 0.0311. The van der Waals surface area contributed by atoms with Crippen molar-refractivity contribution in [3.63, 3.8) is 0 Å². The fourth-order valence-corrected chi connectivity index (χ4v) is 1.98. The number of carboxylic acid groups (broad SMARTS) is 1. The summed E-state index contributed by atoms with van der Waals surface area (Å²) < 4.78 is 38.8. The monoisotopic (exact) mass is 259 g/mol. The van der Waals surface area contributed by atoms with Gasteiger partial charge in [0.1, 0.15) is 0 Å². The van der Waals surface area contributed by atoms with E-state index in [1.54, 1.807) is 0 Å². The van der Waals surface area contributed by atoms with E-state index in [1.165, 1.54) is 6.07 Å². The Morgan fingerprint density at radius 2 is 1.94 bits per heavy atom. The lowest BCUT2D eigenvalue weighted by Crippen LogP contribution is -2.24. The van der Waals surface area contributed by atoms with Crippen molar-refractivity contribution < 1.29 is 27.9 Å². The normalized spacial score (nSPS) is 14.9. The van der Waals surface area contributed by atoms with E-state index in [2.05, 4.69) is 5.32 Å². The zero-order valence-electron chi connectivity index (χ0n) is 8.97. The predicted octanol–water partition coefficient (Wildman–Crippen LogP) is 2.29. The molecule has 0 aliphatic carbocycles. The van der Waals surface area contributed by atoms with Crippen molar-refractivity contribution in [3.05, 3.63) is 28.8 Å². The van der Waals surface area contributed by atoms with Crippen molar-refractivity contribution in [1.29, 1.82) is 0 Å². The minimum atomic E-state index is -4.76. The van der Waals surface area contributed by atoms with Gasteiger partial charge in [-0.15, -0.1) is 0 Å². The summed E-state index contributed by atoms with van der Waals surface area (Å²) in [7, 11) is 0. The van der Waals surface area contributed by atoms with Gasteiger partial charge in [0.25, 0.3) is 0 Å². The number of hydrogen-bond donors (Lipinski definition) is 2. The lowest BCUT2D eigenvalue weighted by atomic mass is 9.93. The van der Waals surface area contributed by atoms with Crippen LogP contribution >= 0.6 is 0 Å². The molecule has 1 amide bonds. The number of aromatic carboxylic acids is 1. The second-order valence-corrected chi connectivity index (χ2v) is 3.87. The molecule has 4 nitrogen and oxygen atoms in total. The number of nitrogens with one attached hydrogen (secondary N) is 1. The maximum absolute atomic E-state index is 12.9. The summed E-state index contributed by atoms with van der Waals surface area (Å²) >= 11 is 0. The third-order valence-corrected chi connectivity index (χ3v) is 2.70. The van der Waals surface area contributed by atoms with Crippen LogP contribution in [0.5, 0.6) is 0 Å². The van der Waals surface area contributed by atoms with Gasteiger partial charge in [-0.05, 0) is 24.1 Å². The molecule has 7 heteroatoms. The SMILES string of the molecule is O=C1CCc2c(ccc(C(=O)O)c2C(F)(F)F)N1. The number of carboxylic acids is 1. The number of halogens is 3. The fourth-order valence-electron chi connectivity index (χ4n) is 1.98. The van der Waals surface area contributed by atoms with Crippen LogP contribution in [0.1, 0.15) is 27.9 Å². The molecule has 96 valence electrons. The van der Waals surface area contributed by atoms with E-state index in [9.17, 15) is 22.8 Å². The van der Waals surface area contributed by atoms with Crippen molar-refractivity contribution in [2.24, 2.45) is 0 Å². The Hall–Kier alpha value is -2.05. The molecule has 18 heavy (non-hydrogen) atoms. The number of carbonyl (C=O) groups excluding carboxylic acids is 1. The number of hydrogen-bond acceptors (Lipinski definition) is 2. The smallest absolute Gasteiger partial charge is 0.417 e. The molecule has 1 aromatic carbocycles. The van der Waals surface area contributed by atoms with Crippen LogP contribution in [0, 0.1) is 0 Å². The average molecular weight is 259 g/mol. The summed E-state index contributed by atoms with van der Waals surface area (Å²) in [6, 6.07) is 2.04. The van der Waals surface area contributed by atoms with Crippen molar-refractivity contribution in [1.82, 2.24) is 0 Å². The lowest BCUT2D eigenvalue weighted by molar-refractivity contribution is -0.139. The van der Waals surface area contributed by atoms with E-state index < -0.39 is 23.3 Å². The van der Waals surface area contributed by atoms with E-state index in [4.69, 9.17) is 5.11 Å². The second-order valence-electron chi connectivity index (χ2n) is 3.87. The summed E-state index contributed by atoms with van der Waals surface area (Å²) in [5.74, 6) is -2.01. The molecule has 0 fully saturated rings. The van der Waals surface area contributed by atoms with E-state index in [0.29, 0.717) is 0 Å². The molecule has 0 unspecified atom stereocenters. The van der Waals surface area contributed by atoms with Gasteiger partial charge >= 0.3 is 12.1 Å². The number of benzene rings is 1. The average Bonchev–Trinajstić information content (AvgIpc) is 2.25. The first-order valence-corrected chi connectivity index (χ1v) is 5.07. The highest BCUT2D eigenvalue weighted by Gasteiger charge is 2.39. The molecule has 1 aromatic rings. The number of anilines is 1. The van der Waals surface area contributed by atoms with Gasteiger partial charge in [-0.1, -0.05) is 0 Å². The molecule has 1 heterocycles. The number of alkyl halides is 3. The van der Waals surface area contributed by atoms with Crippen molar-refractivity contribution in [2.45, 2.75) is 19.0 Å². The summed E-state index contributed by atoms with van der Waals surface area (Å²) in [6.07, 6.45) is -4.96. The molecular formula is C11H8F3NO3. The molecule has 0 bridgehead atoms. The van der Waals surface area contributed by atoms with Crippen LogP contribution in [-0.2, 0) is 17.4 Å². The third-order valence-electron chi connectivity index (χ3n) is 2.70. The van der Waals surface area contributed by atoms with Crippen LogP contribution in [0.3, 0.4) is 0 Å². The highest BCUT2D eigenvalue weighted by atomic mass is 19.4. The Labute approximate surface area is 99.4 Å². The van der Waals surface area contributed by atoms with Crippen LogP contribution in [0.15, 0.2) is 12.1 Å². The number of carbonyl (C=O) groups is 2. The quantitative estimate of drug-likeness (QED) is 0.813. The van der Waals surface area contributed by atoms with Gasteiger partial charge in [-0.2, -0.15) is 13.2 Å². The maximum Gasteiger partial charge on any atom is 0.417 e. The van der Waals surface area contributed by atoms with Gasteiger partial charge in [0.05, 0.1) is 11.1 Å². The number of amides is 1. The minimum Gasteiger partial charge on any atom is -0.478 e. The highest BCUT2D eigenvalue weighted by Crippen LogP contribution is 2.39. The predicted molar refractivity (Wildman–Crippen MR) is 55.4 cm³/mol. The molecule has 0 atom stereocenters. The molecule has 1 aliphatic heterocycles. The molecule has 0 spiro atoms. The molecule has 2 rings (SSSR count). The molecule has 2 N–H and O–H groups in total. The summed E-state index contributed by atoms with van der Waals surface area (Å²) in [4.78, 5) is 21.9. The number of fused-ring (bicyclic) bond motifs is 1. The van der Waals surface area contributed by atoms with Gasteiger partial charge in [-0.25, -0.2) is 4.79 Å². The Morgan fingerprint density at radius 3 is 2.50 bits per heavy atom. The topological polar surface area (TPSA) is 66.4 Å². The molecule has 0 radical (unpaired) electrons. The van der Waals surface area contributed by atoms with Crippen LogP contribution in [0.4, 0.5) is 18.9 Å². The van der Waals surface area contributed by atoms with E-state index in [0.717, 1.165) is 6.07 Å². The first-order chi connectivity index (χ1) is 8.30. The van der Waals surface area contributed by atoms with Crippen molar-refractivity contribution in [2.75, 3.05) is 5.32 Å². The van der Waals surface area contributed by atoms with E-state index in [-0.39, 0.29) is 30.0 Å². The molecule has 0 saturated carbocycles. The Kier molecular flexibility index (Phi) is 2.76. The van der Waals surface area contributed by atoms with Crippen LogP contribution < -0.4 is 5.32 Å². The van der Waals surface area contributed by atoms with Crippen LogP contribution in [-0.4, -0.2) is 17.0 Å². The standard InChI is InChI=1S/C11H8F3NO3/c12-11(13,14)9-5-2-4-8(16)15-7(5)3-1-6(9)10(17)18/h1,3H,2,4H2,(H,15,16)(H,17,18). The van der Waals surface area contributed by atoms with Gasteiger partial charge in [0, 0.05) is 12.1 Å². The van der Waals surface area contributed by atoms with E-state index in [1.807, 2.05) is 0 Å². The lowest BCUT2D eigenvalue weighted by Gasteiger charge is -2.22. The van der Waals surface area contributed by atoms with Gasteiger partial charge in [0.15, 0.2) is 0 Å². The Bertz CT molecular complexity index is 537. The zero-order chi connectivity index (χ0) is 13.5. The molecular weight excluding hydrogens is 251 g/mol. The first-order valence-electron chi connectivity index (χ1n) is 5.07. The Balaban J connectivity index is 2.69. The van der Waals surface area contributed by atoms with E-state index >= 15 is 0 Å². The molecule has 0 saturated heterocycles. The summed E-state index contributed by atoms with van der Waals surface area (Å²) in [6.45, 7) is 0. The van der Waals surface area contributed by atoms with Gasteiger partial charge in [-0.3, -0.25) is 4.79 Å². The van der Waals surface area contributed by atoms with Gasteiger partial charge < -0.3 is 10.4 Å². The van der Waals surface area contributed by atoms with Crippen molar-refractivity contribution in [3.8, 4) is 0 Å². The Morgan fingerprint density at radius 1 is 1.28 bits per heavy atom. The largest absolute Gasteiger partial charge is 0.478 e. The molecule has 0 aromatic heterocycles. The van der Waals surface area contributed by atoms with Gasteiger partial charge in [0.2, 0.25) is 5.91 Å². The van der Waals surface area contributed by atoms with Crippen LogP contribution in [0.2, 0.25) is 0 Å². The van der Waals surface area contributed by atoms with Crippen molar-refractivity contribution >= 4 is 17.6 Å². The molecule has 1 aliphatic rings. The van der Waals surface area contributed by atoms with Crippen LogP contribution in [0.25, 0.3) is 0 Å². The maximum atomic E-state index is 12.9. The number of rotatable bonds is 1. The zero-order valence-corrected chi connectivity index (χ0v) is 8.97. The summed E-state index contributed by atoms with van der Waals surface area (Å²) in [5, 5.41) is 11.1. The fraction of sp³-hybridized carbons (Fsp3) is 0.273. The summed E-state index contributed by atoms with van der Waals surface area (Å²) in [5.41, 5.74) is -2.10. The second kappa shape index (κ2) is 4.01.